The van der Waals surface area contributed by atoms with Crippen LogP contribution in [0.4, 0.5) is 5.95 Å². The highest BCUT2D eigenvalue weighted by Crippen LogP contribution is 2.27. The number of aromatic nitrogens is 2. The van der Waals surface area contributed by atoms with Gasteiger partial charge in [0.2, 0.25) is 11.9 Å². The fourth-order valence-corrected chi connectivity index (χ4v) is 3.93. The lowest BCUT2D eigenvalue weighted by molar-refractivity contribution is -0.123. The van der Waals surface area contributed by atoms with E-state index in [9.17, 15) is 4.79 Å². The molecule has 2 fully saturated rings. The second kappa shape index (κ2) is 8.42. The second-order valence-corrected chi connectivity index (χ2v) is 7.19. The molecule has 2 aliphatic rings. The number of nitrogens with zero attached hydrogens (tertiary/aromatic N) is 3. The summed E-state index contributed by atoms with van der Waals surface area (Å²) in [5.74, 6) is 1.37. The first-order valence-electron chi connectivity index (χ1n) is 9.30. The van der Waals surface area contributed by atoms with Crippen LogP contribution in [0, 0.1) is 5.92 Å². The van der Waals surface area contributed by atoms with E-state index in [1.54, 1.807) is 12.4 Å². The molecule has 2 atom stereocenters. The topological polar surface area (TPSA) is 84.1 Å². The molecule has 1 aromatic heterocycles. The number of anilines is 1. The molecule has 0 spiro atoms. The first-order chi connectivity index (χ1) is 11.7. The zero-order chi connectivity index (χ0) is 16.8. The summed E-state index contributed by atoms with van der Waals surface area (Å²) in [5, 5.41) is 3.15. The van der Waals surface area contributed by atoms with E-state index in [4.69, 9.17) is 5.73 Å². The van der Waals surface area contributed by atoms with E-state index >= 15 is 0 Å². The van der Waals surface area contributed by atoms with Gasteiger partial charge in [-0.1, -0.05) is 32.1 Å². The molecule has 1 aliphatic carbocycles. The third-order valence-corrected chi connectivity index (χ3v) is 5.25. The van der Waals surface area contributed by atoms with E-state index in [-0.39, 0.29) is 18.0 Å². The molecule has 0 radical (unpaired) electrons. The Balaban J connectivity index is 1.48. The summed E-state index contributed by atoms with van der Waals surface area (Å²) in [5.41, 5.74) is 6.16. The van der Waals surface area contributed by atoms with Crippen LogP contribution in [-0.2, 0) is 4.79 Å². The van der Waals surface area contributed by atoms with Crippen LogP contribution in [0.25, 0.3) is 0 Å². The Morgan fingerprint density at radius 2 is 1.96 bits per heavy atom. The summed E-state index contributed by atoms with van der Waals surface area (Å²) >= 11 is 0. The van der Waals surface area contributed by atoms with Gasteiger partial charge in [0.1, 0.15) is 0 Å². The number of hydrogen-bond donors (Lipinski definition) is 2. The van der Waals surface area contributed by atoms with Crippen molar-refractivity contribution in [2.45, 2.75) is 63.5 Å². The minimum atomic E-state index is -0.378. The summed E-state index contributed by atoms with van der Waals surface area (Å²) in [6.07, 6.45) is 12.7. The normalized spacial score (nSPS) is 23.7. The highest BCUT2D eigenvalue weighted by atomic mass is 16.2. The average Bonchev–Trinajstić information content (AvgIpc) is 2.63. The number of carbonyl (C=O) groups is 1. The van der Waals surface area contributed by atoms with Crippen molar-refractivity contribution in [3.05, 3.63) is 18.5 Å². The molecule has 1 saturated heterocycles. The van der Waals surface area contributed by atoms with Crippen molar-refractivity contribution >= 4 is 11.9 Å². The smallest absolute Gasteiger partial charge is 0.237 e. The summed E-state index contributed by atoms with van der Waals surface area (Å²) < 4.78 is 0. The minimum absolute atomic E-state index is 0.00130. The number of nitrogens with two attached hydrogens (primary N) is 1. The Hall–Kier alpha value is -1.69. The Morgan fingerprint density at radius 1 is 1.21 bits per heavy atom. The van der Waals surface area contributed by atoms with E-state index in [0.29, 0.717) is 5.92 Å². The number of hydrogen-bond acceptors (Lipinski definition) is 5. The third kappa shape index (κ3) is 4.66. The second-order valence-electron chi connectivity index (χ2n) is 7.19. The van der Waals surface area contributed by atoms with Crippen LogP contribution in [-0.4, -0.2) is 41.0 Å². The van der Waals surface area contributed by atoms with Crippen LogP contribution in [0.5, 0.6) is 0 Å². The van der Waals surface area contributed by atoms with Crippen LogP contribution in [0.1, 0.15) is 51.4 Å². The van der Waals surface area contributed by atoms with Gasteiger partial charge in [0.15, 0.2) is 0 Å². The first kappa shape index (κ1) is 17.1. The number of piperidine rings is 1. The van der Waals surface area contributed by atoms with E-state index in [2.05, 4.69) is 20.2 Å². The summed E-state index contributed by atoms with van der Waals surface area (Å²) in [6, 6.07) is 1.57. The van der Waals surface area contributed by atoms with Gasteiger partial charge in [-0.3, -0.25) is 4.79 Å². The molecule has 1 aromatic rings. The van der Waals surface area contributed by atoms with Gasteiger partial charge >= 0.3 is 0 Å². The molecule has 1 saturated carbocycles. The summed E-state index contributed by atoms with van der Waals surface area (Å²) in [6.45, 7) is 1.69. The van der Waals surface area contributed by atoms with Crippen LogP contribution < -0.4 is 16.0 Å². The standard InChI is InChI=1S/C18H29N5O/c19-16(12-14-6-2-1-3-7-14)17(24)22-15-8-4-11-23(13-15)18-20-9-5-10-21-18/h5,9-10,14-16H,1-4,6-8,11-13,19H2,(H,22,24). The Bertz CT molecular complexity index is 517. The molecule has 3 rings (SSSR count). The molecule has 1 amide bonds. The van der Waals surface area contributed by atoms with E-state index < -0.39 is 0 Å². The lowest BCUT2D eigenvalue weighted by atomic mass is 9.85. The fraction of sp³-hybridized carbons (Fsp3) is 0.722. The van der Waals surface area contributed by atoms with E-state index in [0.717, 1.165) is 38.3 Å². The molecule has 132 valence electrons. The quantitative estimate of drug-likeness (QED) is 0.860. The van der Waals surface area contributed by atoms with Crippen molar-refractivity contribution < 1.29 is 4.79 Å². The minimum Gasteiger partial charge on any atom is -0.350 e. The number of rotatable bonds is 5. The van der Waals surface area contributed by atoms with Gasteiger partial charge in [-0.25, -0.2) is 9.97 Å². The maximum atomic E-state index is 12.4. The predicted molar refractivity (Wildman–Crippen MR) is 94.6 cm³/mol. The molecular weight excluding hydrogens is 302 g/mol. The van der Waals surface area contributed by atoms with Crippen LogP contribution in [0.2, 0.25) is 0 Å². The van der Waals surface area contributed by atoms with Crippen molar-refractivity contribution in [2.75, 3.05) is 18.0 Å². The summed E-state index contributed by atoms with van der Waals surface area (Å²) in [7, 11) is 0. The number of carbonyl (C=O) groups excluding carboxylic acids is 1. The zero-order valence-corrected chi connectivity index (χ0v) is 14.4. The van der Waals surface area contributed by atoms with Crippen molar-refractivity contribution in [2.24, 2.45) is 11.7 Å². The van der Waals surface area contributed by atoms with Gasteiger partial charge in [-0.05, 0) is 31.2 Å². The van der Waals surface area contributed by atoms with Crippen molar-refractivity contribution in [3.8, 4) is 0 Å². The predicted octanol–water partition coefficient (Wildman–Crippen LogP) is 1.86. The van der Waals surface area contributed by atoms with Gasteiger partial charge in [-0.15, -0.1) is 0 Å². The van der Waals surface area contributed by atoms with Crippen molar-refractivity contribution in [3.63, 3.8) is 0 Å². The largest absolute Gasteiger partial charge is 0.350 e. The SMILES string of the molecule is NC(CC1CCCCC1)C(=O)NC1CCCN(c2ncccn2)C1. The first-order valence-corrected chi connectivity index (χ1v) is 9.30. The van der Waals surface area contributed by atoms with Crippen LogP contribution in [0.15, 0.2) is 18.5 Å². The molecule has 6 nitrogen and oxygen atoms in total. The molecule has 6 heteroatoms. The van der Waals surface area contributed by atoms with Gasteiger partial charge in [0.05, 0.1) is 6.04 Å². The number of nitrogens with one attached hydrogen (secondary N) is 1. The molecule has 1 aliphatic heterocycles. The summed E-state index contributed by atoms with van der Waals surface area (Å²) in [4.78, 5) is 23.2. The fourth-order valence-electron chi connectivity index (χ4n) is 3.93. The maximum absolute atomic E-state index is 12.4. The number of amides is 1. The Labute approximate surface area is 144 Å². The molecule has 0 aromatic carbocycles. The Kier molecular flexibility index (Phi) is 6.01. The maximum Gasteiger partial charge on any atom is 0.237 e. The van der Waals surface area contributed by atoms with E-state index in [1.807, 2.05) is 6.07 Å². The average molecular weight is 331 g/mol. The van der Waals surface area contributed by atoms with Gasteiger partial charge in [0.25, 0.3) is 0 Å². The Morgan fingerprint density at radius 3 is 2.71 bits per heavy atom. The van der Waals surface area contributed by atoms with Crippen LogP contribution >= 0.6 is 0 Å². The lowest BCUT2D eigenvalue weighted by Crippen LogP contribution is -2.52. The highest BCUT2D eigenvalue weighted by molar-refractivity contribution is 5.81. The lowest BCUT2D eigenvalue weighted by Gasteiger charge is -2.34. The van der Waals surface area contributed by atoms with Gasteiger partial charge in [0, 0.05) is 31.5 Å². The van der Waals surface area contributed by atoms with Crippen LogP contribution in [0.3, 0.4) is 0 Å². The van der Waals surface area contributed by atoms with E-state index in [1.165, 1.54) is 32.1 Å². The molecule has 3 N–H and O–H groups in total. The molecule has 2 heterocycles. The highest BCUT2D eigenvalue weighted by Gasteiger charge is 2.26. The van der Waals surface area contributed by atoms with Gasteiger partial charge in [-0.2, -0.15) is 0 Å². The molecular formula is C18H29N5O. The zero-order valence-electron chi connectivity index (χ0n) is 14.4. The molecule has 2 unspecified atom stereocenters. The molecule has 24 heavy (non-hydrogen) atoms. The monoisotopic (exact) mass is 331 g/mol. The van der Waals surface area contributed by atoms with Crippen molar-refractivity contribution in [1.82, 2.24) is 15.3 Å². The van der Waals surface area contributed by atoms with Crippen molar-refractivity contribution in [1.29, 1.82) is 0 Å². The third-order valence-electron chi connectivity index (χ3n) is 5.25. The van der Waals surface area contributed by atoms with Gasteiger partial charge < -0.3 is 16.0 Å². The molecule has 0 bridgehead atoms.